The normalized spacial score (nSPS) is 25.4. The second-order valence-corrected chi connectivity index (χ2v) is 7.81. The molecule has 1 saturated heterocycles. The van der Waals surface area contributed by atoms with Gasteiger partial charge in [0.15, 0.2) is 5.83 Å². The smallest absolute Gasteiger partial charge is 0.413 e. The fraction of sp³-hybridized carbons (Fsp3) is 0.733. The number of thioether (sulfide) groups is 1. The number of amides is 1. The van der Waals surface area contributed by atoms with Gasteiger partial charge in [0, 0.05) is 12.3 Å². The number of rotatable bonds is 2. The summed E-state index contributed by atoms with van der Waals surface area (Å²) in [6.45, 7) is 9.79. The second-order valence-electron chi connectivity index (χ2n) is 6.73. The van der Waals surface area contributed by atoms with Crippen LogP contribution in [0.4, 0.5) is 9.18 Å². The van der Waals surface area contributed by atoms with E-state index in [1.165, 1.54) is 22.7 Å². The van der Waals surface area contributed by atoms with Crippen LogP contribution in [-0.4, -0.2) is 52.3 Å². The highest BCUT2D eigenvalue weighted by Gasteiger charge is 2.45. The Morgan fingerprint density at radius 3 is 2.77 bits per heavy atom. The fourth-order valence-electron chi connectivity index (χ4n) is 2.34. The topological polar surface area (TPSA) is 51.1 Å². The third-order valence-electron chi connectivity index (χ3n) is 3.24. The molecule has 124 valence electrons. The highest BCUT2D eigenvalue weighted by molar-refractivity contribution is 8.14. The number of nitrogens with zero attached hydrogens (tertiary/aromatic N) is 2. The molecular weight excluding hydrogens is 307 g/mol. The molecule has 22 heavy (non-hydrogen) atoms. The van der Waals surface area contributed by atoms with Gasteiger partial charge in [0.1, 0.15) is 16.4 Å². The first kappa shape index (κ1) is 17.3. The number of carbonyl (C=O) groups excluding carboxylic acids is 1. The Morgan fingerprint density at radius 1 is 1.55 bits per heavy atom. The molecule has 0 bridgehead atoms. The van der Waals surface area contributed by atoms with Crippen LogP contribution >= 0.6 is 11.8 Å². The van der Waals surface area contributed by atoms with E-state index in [0.717, 1.165) is 5.75 Å². The van der Waals surface area contributed by atoms with Crippen molar-refractivity contribution in [1.29, 1.82) is 0 Å². The maximum absolute atomic E-state index is 14.3. The quantitative estimate of drug-likeness (QED) is 0.779. The monoisotopic (exact) mass is 330 g/mol. The van der Waals surface area contributed by atoms with Gasteiger partial charge in [-0.2, -0.15) is 0 Å². The van der Waals surface area contributed by atoms with Crippen molar-refractivity contribution < 1.29 is 18.7 Å². The highest BCUT2D eigenvalue weighted by Crippen LogP contribution is 2.31. The van der Waals surface area contributed by atoms with E-state index in [1.54, 1.807) is 34.6 Å². The molecular formula is C15H23FN2O3S. The summed E-state index contributed by atoms with van der Waals surface area (Å²) in [6, 6.07) is -0.506. The van der Waals surface area contributed by atoms with Gasteiger partial charge in [0.05, 0.1) is 12.6 Å². The van der Waals surface area contributed by atoms with Gasteiger partial charge in [-0.1, -0.05) is 0 Å². The molecule has 2 aliphatic rings. The molecule has 1 amide bonds. The van der Waals surface area contributed by atoms with Gasteiger partial charge in [-0.3, -0.25) is 9.89 Å². The maximum Gasteiger partial charge on any atom is 0.413 e. The van der Waals surface area contributed by atoms with Crippen LogP contribution in [0, 0.1) is 0 Å². The van der Waals surface area contributed by atoms with Crippen LogP contribution in [0.2, 0.25) is 0 Å². The van der Waals surface area contributed by atoms with Crippen LogP contribution in [0.1, 0.15) is 34.6 Å². The van der Waals surface area contributed by atoms with Crippen molar-refractivity contribution in [3.63, 3.8) is 0 Å². The molecule has 1 atom stereocenters. The van der Waals surface area contributed by atoms with E-state index in [-0.39, 0.29) is 6.61 Å². The van der Waals surface area contributed by atoms with Crippen molar-refractivity contribution in [1.82, 2.24) is 4.90 Å². The summed E-state index contributed by atoms with van der Waals surface area (Å²) in [5.41, 5.74) is -1.46. The van der Waals surface area contributed by atoms with E-state index in [0.29, 0.717) is 11.6 Å². The Bertz CT molecular complexity index is 511. The summed E-state index contributed by atoms with van der Waals surface area (Å²) in [5, 5.41) is 0.397. The lowest BCUT2D eigenvalue weighted by Crippen LogP contribution is -2.49. The molecule has 0 aromatic carbocycles. The molecule has 0 aliphatic carbocycles. The molecule has 2 heterocycles. The first-order chi connectivity index (χ1) is 10.1. The molecule has 1 fully saturated rings. The Labute approximate surface area is 134 Å². The van der Waals surface area contributed by atoms with Gasteiger partial charge in [-0.25, -0.2) is 9.18 Å². The average molecular weight is 330 g/mol. The highest BCUT2D eigenvalue weighted by atomic mass is 32.2. The van der Waals surface area contributed by atoms with Crippen LogP contribution in [0.15, 0.2) is 16.9 Å². The minimum atomic E-state index is -0.839. The number of hydrogen-bond acceptors (Lipinski definition) is 5. The largest absolute Gasteiger partial charge is 0.444 e. The Kier molecular flexibility index (Phi) is 4.87. The molecule has 2 rings (SSSR count). The first-order valence-electron chi connectivity index (χ1n) is 7.31. The average Bonchev–Trinajstić information content (AvgIpc) is 2.94. The Morgan fingerprint density at radius 2 is 2.23 bits per heavy atom. The summed E-state index contributed by atoms with van der Waals surface area (Å²) in [7, 11) is 0. The van der Waals surface area contributed by atoms with E-state index in [9.17, 15) is 9.18 Å². The zero-order chi connectivity index (χ0) is 16.5. The van der Waals surface area contributed by atoms with Gasteiger partial charge in [-0.15, -0.1) is 11.8 Å². The Balaban J connectivity index is 2.19. The van der Waals surface area contributed by atoms with Crippen molar-refractivity contribution in [2.45, 2.75) is 52.0 Å². The van der Waals surface area contributed by atoms with E-state index in [1.807, 2.05) is 0 Å². The van der Waals surface area contributed by atoms with Crippen LogP contribution in [0.25, 0.3) is 0 Å². The van der Waals surface area contributed by atoms with Crippen LogP contribution in [0.5, 0.6) is 0 Å². The standard InChI is InChI=1S/C15H23FN2O3S/c1-14(2,3)21-13(19)18-10(9-20-15(18,4)5)8-11(16)12-17-6-7-22-12/h8,10H,6-7,9H2,1-5H3/b11-8+/t10-/m1/s1. The lowest BCUT2D eigenvalue weighted by Gasteiger charge is -2.34. The Hall–Kier alpha value is -1.08. The number of ether oxygens (including phenoxy) is 2. The van der Waals surface area contributed by atoms with Gasteiger partial charge in [0.25, 0.3) is 0 Å². The summed E-state index contributed by atoms with van der Waals surface area (Å²) in [4.78, 5) is 18.0. The zero-order valence-electron chi connectivity index (χ0n) is 13.7. The lowest BCUT2D eigenvalue weighted by molar-refractivity contribution is -0.0610. The zero-order valence-corrected chi connectivity index (χ0v) is 14.5. The van der Waals surface area contributed by atoms with Crippen molar-refractivity contribution in [3.8, 4) is 0 Å². The van der Waals surface area contributed by atoms with Crippen molar-refractivity contribution >= 4 is 22.9 Å². The SMILES string of the molecule is CC(C)(C)OC(=O)N1[C@H](/C=C(/F)C2=NCCS2)COC1(C)C. The predicted molar refractivity (Wildman–Crippen MR) is 85.8 cm³/mol. The fourth-order valence-corrected chi connectivity index (χ4v) is 3.11. The third-order valence-corrected chi connectivity index (χ3v) is 4.22. The summed E-state index contributed by atoms with van der Waals surface area (Å²) in [5.74, 6) is 0.390. The van der Waals surface area contributed by atoms with Crippen LogP contribution in [0.3, 0.4) is 0 Å². The van der Waals surface area contributed by atoms with Gasteiger partial charge < -0.3 is 9.47 Å². The van der Waals surface area contributed by atoms with Gasteiger partial charge in [-0.05, 0) is 40.7 Å². The van der Waals surface area contributed by atoms with Crippen molar-refractivity contribution in [2.24, 2.45) is 4.99 Å². The molecule has 0 spiro atoms. The summed E-state index contributed by atoms with van der Waals surface area (Å²) < 4.78 is 25.3. The molecule has 5 nitrogen and oxygen atoms in total. The molecule has 7 heteroatoms. The molecule has 0 aromatic rings. The molecule has 0 N–H and O–H groups in total. The number of hydrogen-bond donors (Lipinski definition) is 0. The van der Waals surface area contributed by atoms with Crippen molar-refractivity contribution in [3.05, 3.63) is 11.9 Å². The third kappa shape index (κ3) is 4.01. The molecule has 0 aromatic heterocycles. The predicted octanol–water partition coefficient (Wildman–Crippen LogP) is 3.36. The first-order valence-corrected chi connectivity index (χ1v) is 8.30. The summed E-state index contributed by atoms with van der Waals surface area (Å²) >= 11 is 1.38. The van der Waals surface area contributed by atoms with E-state index >= 15 is 0 Å². The minimum Gasteiger partial charge on any atom is -0.444 e. The second kappa shape index (κ2) is 6.20. The molecule has 0 saturated carbocycles. The van der Waals surface area contributed by atoms with Crippen molar-refractivity contribution in [2.75, 3.05) is 18.9 Å². The lowest BCUT2D eigenvalue weighted by atomic mass is 10.2. The maximum atomic E-state index is 14.3. The van der Waals surface area contributed by atoms with Crippen LogP contribution < -0.4 is 0 Å². The van der Waals surface area contributed by atoms with Gasteiger partial charge >= 0.3 is 6.09 Å². The number of aliphatic imine (C=N–C) groups is 1. The van der Waals surface area contributed by atoms with E-state index < -0.39 is 29.3 Å². The molecule has 0 radical (unpaired) electrons. The number of carbonyl (C=O) groups is 1. The van der Waals surface area contributed by atoms with E-state index in [4.69, 9.17) is 9.47 Å². The van der Waals surface area contributed by atoms with Crippen LogP contribution in [-0.2, 0) is 9.47 Å². The summed E-state index contributed by atoms with van der Waals surface area (Å²) in [6.07, 6.45) is 0.889. The van der Waals surface area contributed by atoms with E-state index in [2.05, 4.69) is 4.99 Å². The molecule has 0 unspecified atom stereocenters. The molecule has 2 aliphatic heterocycles. The number of halogens is 1. The minimum absolute atomic E-state index is 0.234. The van der Waals surface area contributed by atoms with Gasteiger partial charge in [0.2, 0.25) is 0 Å².